The maximum absolute atomic E-state index is 12.3. The molecule has 1 aliphatic heterocycles. The molecule has 1 amide bonds. The summed E-state index contributed by atoms with van der Waals surface area (Å²) in [6, 6.07) is 9.14. The van der Waals surface area contributed by atoms with E-state index in [0.29, 0.717) is 13.2 Å². The quantitative estimate of drug-likeness (QED) is 0.848. The van der Waals surface area contributed by atoms with Crippen molar-refractivity contribution in [1.29, 1.82) is 0 Å². The van der Waals surface area contributed by atoms with Crippen LogP contribution < -0.4 is 5.32 Å². The number of carbonyl (C=O) groups excluding carboxylic acids is 2. The van der Waals surface area contributed by atoms with Gasteiger partial charge in [0, 0.05) is 12.2 Å². The van der Waals surface area contributed by atoms with Crippen molar-refractivity contribution in [2.24, 2.45) is 5.92 Å². The van der Waals surface area contributed by atoms with Crippen LogP contribution in [0.25, 0.3) is 0 Å². The Morgan fingerprint density at radius 2 is 2.09 bits per heavy atom. The Morgan fingerprint density at radius 3 is 2.77 bits per heavy atom. The predicted octanol–water partition coefficient (Wildman–Crippen LogP) is 2.29. The van der Waals surface area contributed by atoms with Crippen LogP contribution in [0.5, 0.6) is 0 Å². The van der Waals surface area contributed by atoms with Gasteiger partial charge in [-0.2, -0.15) is 0 Å². The number of carbonyl (C=O) groups is 2. The van der Waals surface area contributed by atoms with Gasteiger partial charge in [0.1, 0.15) is 0 Å². The summed E-state index contributed by atoms with van der Waals surface area (Å²) in [5.74, 6) is -0.320. The third kappa shape index (κ3) is 4.31. The van der Waals surface area contributed by atoms with E-state index >= 15 is 0 Å². The summed E-state index contributed by atoms with van der Waals surface area (Å²) in [6.07, 6.45) is 1.74. The Bertz CT molecular complexity index is 504. The van der Waals surface area contributed by atoms with Crippen LogP contribution in [0.3, 0.4) is 0 Å². The molecule has 1 heterocycles. The van der Waals surface area contributed by atoms with Crippen molar-refractivity contribution >= 4 is 17.6 Å². The van der Waals surface area contributed by atoms with Gasteiger partial charge in [0.05, 0.1) is 18.6 Å². The first-order valence-electron chi connectivity index (χ1n) is 7.88. The van der Waals surface area contributed by atoms with Gasteiger partial charge in [-0.1, -0.05) is 18.2 Å². The molecule has 5 nitrogen and oxygen atoms in total. The zero-order chi connectivity index (χ0) is 15.9. The molecule has 0 bridgehead atoms. The lowest BCUT2D eigenvalue weighted by molar-refractivity contribution is -0.150. The fraction of sp³-hybridized carbons (Fsp3) is 0.529. The van der Waals surface area contributed by atoms with Gasteiger partial charge in [0.15, 0.2) is 0 Å². The maximum Gasteiger partial charge on any atom is 0.310 e. The number of ether oxygens (including phenoxy) is 1. The molecule has 120 valence electrons. The van der Waals surface area contributed by atoms with Crippen LogP contribution in [-0.2, 0) is 14.3 Å². The smallest absolute Gasteiger partial charge is 0.310 e. The number of likely N-dealkylation sites (tertiary alicyclic amines) is 1. The van der Waals surface area contributed by atoms with Crippen molar-refractivity contribution in [3.8, 4) is 0 Å². The molecule has 22 heavy (non-hydrogen) atoms. The van der Waals surface area contributed by atoms with E-state index in [4.69, 9.17) is 4.74 Å². The maximum atomic E-state index is 12.3. The molecule has 0 aromatic heterocycles. The van der Waals surface area contributed by atoms with Crippen molar-refractivity contribution in [3.63, 3.8) is 0 Å². The molecule has 0 radical (unpaired) electrons. The second-order valence-electron chi connectivity index (χ2n) is 5.62. The molecule has 1 aromatic rings. The molecule has 0 aliphatic carbocycles. The molecular formula is C17H24N2O3. The summed E-state index contributed by atoms with van der Waals surface area (Å²) >= 11 is 0. The number of para-hydroxylation sites is 1. The Morgan fingerprint density at radius 1 is 1.36 bits per heavy atom. The van der Waals surface area contributed by atoms with Crippen molar-refractivity contribution in [2.75, 3.05) is 25.0 Å². The van der Waals surface area contributed by atoms with Gasteiger partial charge in [-0.25, -0.2) is 0 Å². The van der Waals surface area contributed by atoms with Crippen LogP contribution >= 0.6 is 0 Å². The summed E-state index contributed by atoms with van der Waals surface area (Å²) in [5.41, 5.74) is 0.790. The molecule has 1 aliphatic rings. The minimum absolute atomic E-state index is 0.0456. The first-order chi connectivity index (χ1) is 10.6. The van der Waals surface area contributed by atoms with E-state index in [0.717, 1.165) is 25.1 Å². The number of amides is 1. The lowest BCUT2D eigenvalue weighted by atomic mass is 9.97. The van der Waals surface area contributed by atoms with Gasteiger partial charge < -0.3 is 10.1 Å². The first-order valence-corrected chi connectivity index (χ1v) is 7.88. The number of benzene rings is 1. The third-order valence-corrected chi connectivity index (χ3v) is 4.04. The number of anilines is 1. The fourth-order valence-corrected chi connectivity index (χ4v) is 2.74. The summed E-state index contributed by atoms with van der Waals surface area (Å²) in [7, 11) is 0. The Kier molecular flexibility index (Phi) is 5.95. The molecular weight excluding hydrogens is 280 g/mol. The van der Waals surface area contributed by atoms with Gasteiger partial charge in [-0.05, 0) is 45.4 Å². The SMILES string of the molecule is CCOC(=O)[C@H]1CCCN([C@@H](C)C(=O)Nc2ccccc2)C1. The molecule has 2 rings (SSSR count). The zero-order valence-electron chi connectivity index (χ0n) is 13.2. The number of nitrogens with zero attached hydrogens (tertiary/aromatic N) is 1. The van der Waals surface area contributed by atoms with Gasteiger partial charge >= 0.3 is 5.97 Å². The molecule has 1 saturated heterocycles. The van der Waals surface area contributed by atoms with E-state index < -0.39 is 0 Å². The molecule has 5 heteroatoms. The van der Waals surface area contributed by atoms with Gasteiger partial charge in [-0.3, -0.25) is 14.5 Å². The molecule has 1 aromatic carbocycles. The largest absolute Gasteiger partial charge is 0.466 e. The zero-order valence-corrected chi connectivity index (χ0v) is 13.2. The van der Waals surface area contributed by atoms with Crippen LogP contribution in [0, 0.1) is 5.92 Å². The number of hydrogen-bond acceptors (Lipinski definition) is 4. The highest BCUT2D eigenvalue weighted by Gasteiger charge is 2.31. The van der Waals surface area contributed by atoms with Crippen molar-refractivity contribution in [3.05, 3.63) is 30.3 Å². The summed E-state index contributed by atoms with van der Waals surface area (Å²) in [4.78, 5) is 26.3. The minimum Gasteiger partial charge on any atom is -0.466 e. The standard InChI is InChI=1S/C17H24N2O3/c1-3-22-17(21)14-8-7-11-19(12-14)13(2)16(20)18-15-9-5-4-6-10-15/h4-6,9-10,13-14H,3,7-8,11-12H2,1-2H3,(H,18,20)/t13-,14-/m0/s1. The second-order valence-corrected chi connectivity index (χ2v) is 5.62. The van der Waals surface area contributed by atoms with Crippen LogP contribution in [-0.4, -0.2) is 42.5 Å². The first kappa shape index (κ1) is 16.5. The topological polar surface area (TPSA) is 58.6 Å². The van der Waals surface area contributed by atoms with Crippen LogP contribution in [0.15, 0.2) is 30.3 Å². The molecule has 0 spiro atoms. The molecule has 0 saturated carbocycles. The van der Waals surface area contributed by atoms with Crippen molar-refractivity contribution in [1.82, 2.24) is 4.90 Å². The third-order valence-electron chi connectivity index (χ3n) is 4.04. The average Bonchev–Trinajstić information content (AvgIpc) is 2.55. The van der Waals surface area contributed by atoms with Crippen LogP contribution in [0.1, 0.15) is 26.7 Å². The molecule has 2 atom stereocenters. The van der Waals surface area contributed by atoms with E-state index in [9.17, 15) is 9.59 Å². The Hall–Kier alpha value is -1.88. The lowest BCUT2D eigenvalue weighted by Crippen LogP contribution is -2.48. The van der Waals surface area contributed by atoms with E-state index in [-0.39, 0.29) is 23.8 Å². The molecule has 0 unspecified atom stereocenters. The van der Waals surface area contributed by atoms with Crippen molar-refractivity contribution in [2.45, 2.75) is 32.7 Å². The number of nitrogens with one attached hydrogen (secondary N) is 1. The summed E-state index contributed by atoms with van der Waals surface area (Å²) in [6.45, 7) is 5.51. The molecule has 1 N–H and O–H groups in total. The number of rotatable bonds is 5. The Labute approximate surface area is 131 Å². The summed E-state index contributed by atoms with van der Waals surface area (Å²) < 4.78 is 5.10. The number of piperidine rings is 1. The lowest BCUT2D eigenvalue weighted by Gasteiger charge is -2.35. The van der Waals surface area contributed by atoms with Gasteiger partial charge in [-0.15, -0.1) is 0 Å². The average molecular weight is 304 g/mol. The van der Waals surface area contributed by atoms with E-state index in [1.165, 1.54) is 0 Å². The predicted molar refractivity (Wildman–Crippen MR) is 85.5 cm³/mol. The highest BCUT2D eigenvalue weighted by molar-refractivity contribution is 5.94. The molecule has 1 fully saturated rings. The highest BCUT2D eigenvalue weighted by Crippen LogP contribution is 2.20. The van der Waals surface area contributed by atoms with E-state index in [1.807, 2.05) is 44.2 Å². The van der Waals surface area contributed by atoms with E-state index in [2.05, 4.69) is 10.2 Å². The van der Waals surface area contributed by atoms with E-state index in [1.54, 1.807) is 0 Å². The van der Waals surface area contributed by atoms with Crippen LogP contribution in [0.2, 0.25) is 0 Å². The minimum atomic E-state index is -0.266. The highest BCUT2D eigenvalue weighted by atomic mass is 16.5. The second kappa shape index (κ2) is 7.94. The fourth-order valence-electron chi connectivity index (χ4n) is 2.74. The van der Waals surface area contributed by atoms with Crippen molar-refractivity contribution < 1.29 is 14.3 Å². The van der Waals surface area contributed by atoms with Gasteiger partial charge in [0.2, 0.25) is 5.91 Å². The normalized spacial score (nSPS) is 20.2. The Balaban J connectivity index is 1.92. The number of hydrogen-bond donors (Lipinski definition) is 1. The number of esters is 1. The monoisotopic (exact) mass is 304 g/mol. The van der Waals surface area contributed by atoms with Crippen LogP contribution in [0.4, 0.5) is 5.69 Å². The summed E-state index contributed by atoms with van der Waals surface area (Å²) in [5, 5.41) is 2.91. The van der Waals surface area contributed by atoms with Gasteiger partial charge in [0.25, 0.3) is 0 Å².